The molecule has 2 heterocycles. The first-order chi connectivity index (χ1) is 16.8. The molecule has 0 aromatic heterocycles. The molecule has 0 saturated carbocycles. The molecule has 35 heavy (non-hydrogen) atoms. The molecule has 0 aliphatic carbocycles. The third kappa shape index (κ3) is 6.13. The van der Waals surface area contributed by atoms with E-state index in [1.807, 2.05) is 32.0 Å². The van der Waals surface area contributed by atoms with Crippen molar-refractivity contribution in [2.24, 2.45) is 5.92 Å². The summed E-state index contributed by atoms with van der Waals surface area (Å²) in [5.74, 6) is -0.135. The van der Waals surface area contributed by atoms with Crippen LogP contribution < -0.4 is 5.32 Å². The van der Waals surface area contributed by atoms with Crippen LogP contribution in [0.15, 0.2) is 47.4 Å². The number of sulfonamides is 1. The fraction of sp³-hybridized carbons (Fsp3) is 0.536. The Bertz CT molecular complexity index is 1140. The highest BCUT2D eigenvalue weighted by Crippen LogP contribution is 2.27. The van der Waals surface area contributed by atoms with Crippen LogP contribution >= 0.6 is 0 Å². The Balaban J connectivity index is 1.32. The lowest BCUT2D eigenvalue weighted by Crippen LogP contribution is -2.43. The first-order valence-electron chi connectivity index (χ1n) is 12.9. The normalized spacial score (nSPS) is 20.6. The molecular formula is C28H39N3O3S. The van der Waals surface area contributed by atoms with Crippen molar-refractivity contribution in [1.82, 2.24) is 14.5 Å². The summed E-state index contributed by atoms with van der Waals surface area (Å²) in [7, 11) is -3.54. The van der Waals surface area contributed by atoms with E-state index in [0.29, 0.717) is 43.4 Å². The number of aryl methyl sites for hydroxylation is 2. The third-order valence-corrected chi connectivity index (χ3v) is 9.72. The summed E-state index contributed by atoms with van der Waals surface area (Å²) in [6, 6.07) is 14.4. The highest BCUT2D eigenvalue weighted by atomic mass is 32.2. The predicted octanol–water partition coefficient (Wildman–Crippen LogP) is 4.39. The zero-order valence-electron chi connectivity index (χ0n) is 21.3. The van der Waals surface area contributed by atoms with Crippen molar-refractivity contribution in [3.05, 3.63) is 64.7 Å². The molecule has 4 rings (SSSR count). The number of carbonyl (C=O) groups excluding carboxylic acids is 1. The van der Waals surface area contributed by atoms with Crippen LogP contribution in [0.3, 0.4) is 0 Å². The van der Waals surface area contributed by atoms with Gasteiger partial charge in [0.2, 0.25) is 15.9 Å². The minimum atomic E-state index is -3.54. The van der Waals surface area contributed by atoms with Gasteiger partial charge in [-0.25, -0.2) is 8.42 Å². The second-order valence-corrected chi connectivity index (χ2v) is 12.2. The van der Waals surface area contributed by atoms with Gasteiger partial charge >= 0.3 is 0 Å². The van der Waals surface area contributed by atoms with Gasteiger partial charge in [0.25, 0.3) is 0 Å². The van der Waals surface area contributed by atoms with Gasteiger partial charge in [-0.15, -0.1) is 0 Å². The van der Waals surface area contributed by atoms with Crippen molar-refractivity contribution < 1.29 is 13.2 Å². The minimum absolute atomic E-state index is 0.0229. The maximum atomic E-state index is 13.2. The lowest BCUT2D eigenvalue weighted by Gasteiger charge is -2.34. The molecule has 2 fully saturated rings. The summed E-state index contributed by atoms with van der Waals surface area (Å²) in [5, 5.41) is 3.13. The Hall–Kier alpha value is -2.22. The highest BCUT2D eigenvalue weighted by Gasteiger charge is 2.32. The summed E-state index contributed by atoms with van der Waals surface area (Å²) in [6.07, 6.45) is 4.89. The molecule has 1 amide bonds. The van der Waals surface area contributed by atoms with E-state index in [0.717, 1.165) is 29.8 Å². The number of carbonyl (C=O) groups is 1. The number of likely N-dealkylation sites (tertiary alicyclic amines) is 1. The predicted molar refractivity (Wildman–Crippen MR) is 139 cm³/mol. The first kappa shape index (κ1) is 25.9. The molecule has 1 N–H and O–H groups in total. The van der Waals surface area contributed by atoms with E-state index in [1.54, 1.807) is 6.07 Å². The van der Waals surface area contributed by atoms with Gasteiger partial charge in [-0.2, -0.15) is 4.31 Å². The summed E-state index contributed by atoms with van der Waals surface area (Å²) in [5.41, 5.74) is 4.25. The number of rotatable bonds is 7. The van der Waals surface area contributed by atoms with Crippen LogP contribution in [0, 0.1) is 19.8 Å². The van der Waals surface area contributed by atoms with Gasteiger partial charge in [0, 0.05) is 38.1 Å². The van der Waals surface area contributed by atoms with Gasteiger partial charge in [0.15, 0.2) is 0 Å². The number of hydrogen-bond donors (Lipinski definition) is 1. The zero-order chi connectivity index (χ0) is 25.0. The highest BCUT2D eigenvalue weighted by molar-refractivity contribution is 7.89. The van der Waals surface area contributed by atoms with Crippen molar-refractivity contribution >= 4 is 15.9 Å². The lowest BCUT2D eigenvalue weighted by molar-refractivity contribution is -0.126. The lowest BCUT2D eigenvalue weighted by atomic mass is 9.97. The molecule has 2 aliphatic rings. The largest absolute Gasteiger partial charge is 0.352 e. The van der Waals surface area contributed by atoms with Crippen molar-refractivity contribution in [2.75, 3.05) is 19.6 Å². The van der Waals surface area contributed by atoms with Crippen molar-refractivity contribution in [2.45, 2.75) is 76.9 Å². The molecular weight excluding hydrogens is 458 g/mol. The summed E-state index contributed by atoms with van der Waals surface area (Å²) >= 11 is 0. The monoisotopic (exact) mass is 497 g/mol. The standard InChI is InChI=1S/C28H39N3O3S/c1-21-11-12-27(22(2)18-21)35(33,34)31-16-13-24(14-17-31)28(32)29-19-25-9-4-5-10-26(25)20-30-15-7-6-8-23(30)3/h4-5,9-12,18,23-24H,6-8,13-17,19-20H2,1-3H3,(H,29,32). The van der Waals surface area contributed by atoms with Gasteiger partial charge in [0.1, 0.15) is 0 Å². The number of hydrogen-bond acceptors (Lipinski definition) is 4. The second-order valence-electron chi connectivity index (χ2n) is 10.2. The van der Waals surface area contributed by atoms with Crippen LogP contribution in [-0.2, 0) is 27.9 Å². The third-order valence-electron chi connectivity index (χ3n) is 7.66. The number of piperidine rings is 2. The quantitative estimate of drug-likeness (QED) is 0.616. The van der Waals surface area contributed by atoms with E-state index in [2.05, 4.69) is 35.3 Å². The minimum Gasteiger partial charge on any atom is -0.352 e. The van der Waals surface area contributed by atoms with E-state index in [9.17, 15) is 13.2 Å². The van der Waals surface area contributed by atoms with E-state index >= 15 is 0 Å². The molecule has 1 unspecified atom stereocenters. The second kappa shape index (κ2) is 11.2. The molecule has 6 nitrogen and oxygen atoms in total. The molecule has 1 atom stereocenters. The first-order valence-corrected chi connectivity index (χ1v) is 14.4. The SMILES string of the molecule is Cc1ccc(S(=O)(=O)N2CCC(C(=O)NCc3ccccc3CN3CCCCC3C)CC2)c(C)c1. The molecule has 2 aliphatic heterocycles. The fourth-order valence-corrected chi connectivity index (χ4v) is 7.08. The zero-order valence-corrected chi connectivity index (χ0v) is 22.1. The van der Waals surface area contributed by atoms with Crippen LogP contribution in [0.5, 0.6) is 0 Å². The average Bonchev–Trinajstić information content (AvgIpc) is 2.84. The molecule has 190 valence electrons. The maximum absolute atomic E-state index is 13.2. The topological polar surface area (TPSA) is 69.7 Å². The van der Waals surface area contributed by atoms with Crippen LogP contribution in [0.4, 0.5) is 0 Å². The Kier molecular flexibility index (Phi) is 8.30. The summed E-state index contributed by atoms with van der Waals surface area (Å²) < 4.78 is 27.8. The number of nitrogens with one attached hydrogen (secondary N) is 1. The Morgan fingerprint density at radius 1 is 0.971 bits per heavy atom. The molecule has 0 spiro atoms. The average molecular weight is 498 g/mol. The van der Waals surface area contributed by atoms with E-state index < -0.39 is 10.0 Å². The fourth-order valence-electron chi connectivity index (χ4n) is 5.41. The number of benzene rings is 2. The number of nitrogens with zero attached hydrogens (tertiary/aromatic N) is 2. The molecule has 0 bridgehead atoms. The van der Waals surface area contributed by atoms with Crippen molar-refractivity contribution in [3.8, 4) is 0 Å². The van der Waals surface area contributed by atoms with Crippen LogP contribution in [0.25, 0.3) is 0 Å². The molecule has 2 aromatic rings. The van der Waals surface area contributed by atoms with E-state index in [4.69, 9.17) is 0 Å². The maximum Gasteiger partial charge on any atom is 0.243 e. The Morgan fingerprint density at radius 3 is 2.37 bits per heavy atom. The van der Waals surface area contributed by atoms with Gasteiger partial charge in [-0.1, -0.05) is 48.4 Å². The van der Waals surface area contributed by atoms with Crippen LogP contribution in [-0.4, -0.2) is 49.2 Å². The van der Waals surface area contributed by atoms with E-state index in [-0.39, 0.29) is 11.8 Å². The number of amides is 1. The van der Waals surface area contributed by atoms with Crippen LogP contribution in [0.2, 0.25) is 0 Å². The summed E-state index contributed by atoms with van der Waals surface area (Å²) in [6.45, 7) is 9.40. The molecule has 7 heteroatoms. The van der Waals surface area contributed by atoms with Crippen molar-refractivity contribution in [1.29, 1.82) is 0 Å². The Morgan fingerprint density at radius 2 is 1.69 bits per heavy atom. The molecule has 2 aromatic carbocycles. The van der Waals surface area contributed by atoms with Gasteiger partial charge < -0.3 is 5.32 Å². The van der Waals surface area contributed by atoms with Crippen LogP contribution in [0.1, 0.15) is 61.3 Å². The van der Waals surface area contributed by atoms with Gasteiger partial charge in [0.05, 0.1) is 4.90 Å². The Labute approximate surface area is 210 Å². The van der Waals surface area contributed by atoms with Gasteiger partial charge in [-0.3, -0.25) is 9.69 Å². The van der Waals surface area contributed by atoms with Gasteiger partial charge in [-0.05, 0) is 75.8 Å². The molecule has 0 radical (unpaired) electrons. The van der Waals surface area contributed by atoms with Crippen molar-refractivity contribution in [3.63, 3.8) is 0 Å². The van der Waals surface area contributed by atoms with E-state index in [1.165, 1.54) is 29.1 Å². The molecule has 2 saturated heterocycles. The summed E-state index contributed by atoms with van der Waals surface area (Å²) in [4.78, 5) is 15.9. The smallest absolute Gasteiger partial charge is 0.243 e.